The van der Waals surface area contributed by atoms with Gasteiger partial charge in [-0.25, -0.2) is 4.79 Å². The molecule has 1 rings (SSSR count). The summed E-state index contributed by atoms with van der Waals surface area (Å²) < 4.78 is 9.39. The van der Waals surface area contributed by atoms with Crippen LogP contribution in [0.1, 0.15) is 18.8 Å². The first kappa shape index (κ1) is 8.80. The lowest BCUT2D eigenvalue weighted by molar-refractivity contribution is -0.154. The molecule has 0 aliphatic rings. The monoisotopic (exact) mass is 170 g/mol. The molecule has 0 bridgehead atoms. The van der Waals surface area contributed by atoms with Gasteiger partial charge in [-0.15, -0.1) is 0 Å². The summed E-state index contributed by atoms with van der Waals surface area (Å²) in [4.78, 5) is 10.9. The Balaban J connectivity index is 2.59. The van der Waals surface area contributed by atoms with Crippen molar-refractivity contribution in [3.63, 3.8) is 0 Å². The minimum Gasteiger partial charge on any atom is -0.466 e. The third-order valence-corrected chi connectivity index (χ3v) is 1.32. The molecule has 0 spiro atoms. The molecule has 66 valence electrons. The van der Waals surface area contributed by atoms with Crippen molar-refractivity contribution >= 4 is 5.97 Å². The van der Waals surface area contributed by atoms with Crippen molar-refractivity contribution in [2.75, 3.05) is 6.61 Å². The summed E-state index contributed by atoms with van der Waals surface area (Å²) in [5.41, 5.74) is 0. The Morgan fingerprint density at radius 1 is 1.83 bits per heavy atom. The maximum Gasteiger partial charge on any atom is 0.342 e. The second-order valence-corrected chi connectivity index (χ2v) is 2.17. The third kappa shape index (κ3) is 1.85. The van der Waals surface area contributed by atoms with Crippen LogP contribution in [0.2, 0.25) is 0 Å². The molecule has 1 heterocycles. The Labute approximate surface area is 69.8 Å². The average Bonchev–Trinajstić information content (AvgIpc) is 2.55. The van der Waals surface area contributed by atoms with E-state index in [4.69, 9.17) is 4.42 Å². The summed E-state index contributed by atoms with van der Waals surface area (Å²) in [5, 5.41) is 9.24. The van der Waals surface area contributed by atoms with Gasteiger partial charge in [0.1, 0.15) is 5.76 Å². The zero-order valence-electron chi connectivity index (χ0n) is 6.69. The molecule has 1 aromatic rings. The molecular weight excluding hydrogens is 160 g/mol. The highest BCUT2D eigenvalue weighted by Crippen LogP contribution is 2.13. The minimum atomic E-state index is -1.31. The van der Waals surface area contributed by atoms with Crippen molar-refractivity contribution in [1.29, 1.82) is 0 Å². The second kappa shape index (κ2) is 3.92. The first-order valence-electron chi connectivity index (χ1n) is 3.63. The fourth-order valence-electron chi connectivity index (χ4n) is 0.784. The molecule has 4 heteroatoms. The number of rotatable bonds is 3. The number of esters is 1. The molecule has 0 saturated heterocycles. The lowest BCUT2D eigenvalue weighted by Gasteiger charge is -2.05. The van der Waals surface area contributed by atoms with Crippen LogP contribution in [0.15, 0.2) is 22.8 Å². The average molecular weight is 170 g/mol. The number of carbonyl (C=O) groups is 1. The summed E-state index contributed by atoms with van der Waals surface area (Å²) in [6.45, 7) is 1.92. The van der Waals surface area contributed by atoms with Gasteiger partial charge < -0.3 is 14.3 Å². The van der Waals surface area contributed by atoms with E-state index in [1.165, 1.54) is 12.3 Å². The van der Waals surface area contributed by atoms with Crippen LogP contribution in [-0.4, -0.2) is 17.7 Å². The zero-order valence-corrected chi connectivity index (χ0v) is 6.69. The Hall–Kier alpha value is -1.29. The largest absolute Gasteiger partial charge is 0.466 e. The summed E-state index contributed by atoms with van der Waals surface area (Å²) in [5.74, 6) is -0.485. The number of furan rings is 1. The van der Waals surface area contributed by atoms with Crippen molar-refractivity contribution in [1.82, 2.24) is 0 Å². The van der Waals surface area contributed by atoms with Gasteiger partial charge in [-0.1, -0.05) is 0 Å². The molecule has 1 unspecified atom stereocenters. The zero-order chi connectivity index (χ0) is 8.97. The topological polar surface area (TPSA) is 59.7 Å². The smallest absolute Gasteiger partial charge is 0.342 e. The Bertz CT molecular complexity index is 240. The minimum absolute atomic E-state index is 0.202. The van der Waals surface area contributed by atoms with E-state index in [2.05, 4.69) is 4.74 Å². The van der Waals surface area contributed by atoms with Gasteiger partial charge in [-0.3, -0.25) is 0 Å². The first-order valence-corrected chi connectivity index (χ1v) is 3.63. The second-order valence-electron chi connectivity index (χ2n) is 2.17. The molecule has 0 radical (unpaired) electrons. The van der Waals surface area contributed by atoms with E-state index in [1.54, 1.807) is 13.0 Å². The van der Waals surface area contributed by atoms with E-state index in [0.29, 0.717) is 0 Å². The van der Waals surface area contributed by atoms with Gasteiger partial charge in [-0.2, -0.15) is 0 Å². The van der Waals surface area contributed by atoms with Crippen molar-refractivity contribution in [3.8, 4) is 0 Å². The molecular formula is C8H10O4. The fraction of sp³-hybridized carbons (Fsp3) is 0.375. The van der Waals surface area contributed by atoms with Gasteiger partial charge in [0.05, 0.1) is 12.9 Å². The summed E-state index contributed by atoms with van der Waals surface area (Å²) in [6.07, 6.45) is 0.0811. The maximum atomic E-state index is 10.9. The van der Waals surface area contributed by atoms with Crippen molar-refractivity contribution in [2.24, 2.45) is 0 Å². The Morgan fingerprint density at radius 3 is 3.08 bits per heavy atom. The quantitative estimate of drug-likeness (QED) is 0.684. The molecule has 0 aliphatic heterocycles. The number of carbonyl (C=O) groups excluding carboxylic acids is 1. The summed E-state index contributed by atoms with van der Waals surface area (Å²) in [7, 11) is 0. The number of hydrogen-bond donors (Lipinski definition) is 1. The van der Waals surface area contributed by atoms with Crippen molar-refractivity contribution in [2.45, 2.75) is 13.0 Å². The first-order chi connectivity index (χ1) is 5.75. The van der Waals surface area contributed by atoms with E-state index in [-0.39, 0.29) is 12.4 Å². The Morgan fingerprint density at radius 2 is 2.58 bits per heavy atom. The lowest BCUT2D eigenvalue weighted by Crippen LogP contribution is -2.14. The van der Waals surface area contributed by atoms with Crippen LogP contribution in [0.4, 0.5) is 0 Å². The predicted octanol–water partition coefficient (Wildman–Crippen LogP) is 0.876. The van der Waals surface area contributed by atoms with Gasteiger partial charge >= 0.3 is 5.97 Å². The van der Waals surface area contributed by atoms with E-state index in [1.807, 2.05) is 0 Å². The number of aliphatic hydroxyl groups excluding tert-OH is 1. The molecule has 1 aromatic heterocycles. The molecule has 0 amide bonds. The molecule has 0 aromatic carbocycles. The van der Waals surface area contributed by atoms with Gasteiger partial charge in [0.25, 0.3) is 0 Å². The van der Waals surface area contributed by atoms with E-state index in [0.717, 1.165) is 0 Å². The number of ether oxygens (including phenoxy) is 1. The van der Waals surface area contributed by atoms with Crippen LogP contribution in [0.25, 0.3) is 0 Å². The lowest BCUT2D eigenvalue weighted by atomic mass is 10.3. The molecule has 0 aliphatic carbocycles. The summed E-state index contributed by atoms with van der Waals surface area (Å²) >= 11 is 0. The standard InChI is InChI=1S/C8H10O4/c1-2-11-8(10)7(9)6-4-3-5-12-6/h3-5,7,9H,2H2,1H3. The molecule has 0 saturated carbocycles. The van der Waals surface area contributed by atoms with E-state index < -0.39 is 12.1 Å². The Kier molecular flexibility index (Phi) is 2.88. The van der Waals surface area contributed by atoms with Crippen LogP contribution in [-0.2, 0) is 9.53 Å². The van der Waals surface area contributed by atoms with Gasteiger partial charge in [0.15, 0.2) is 0 Å². The molecule has 4 nitrogen and oxygen atoms in total. The van der Waals surface area contributed by atoms with E-state index >= 15 is 0 Å². The van der Waals surface area contributed by atoms with Crippen molar-refractivity contribution in [3.05, 3.63) is 24.2 Å². The molecule has 12 heavy (non-hydrogen) atoms. The van der Waals surface area contributed by atoms with Gasteiger partial charge in [0, 0.05) is 0 Å². The van der Waals surface area contributed by atoms with Crippen LogP contribution in [0.5, 0.6) is 0 Å². The summed E-state index contributed by atoms with van der Waals surface area (Å²) in [6, 6.07) is 3.11. The van der Waals surface area contributed by atoms with Gasteiger partial charge in [0.2, 0.25) is 6.10 Å². The SMILES string of the molecule is CCOC(=O)C(O)c1ccco1. The molecule has 1 N–H and O–H groups in total. The van der Waals surface area contributed by atoms with Crippen LogP contribution in [0, 0.1) is 0 Å². The highest BCUT2D eigenvalue weighted by atomic mass is 16.5. The maximum absolute atomic E-state index is 10.9. The van der Waals surface area contributed by atoms with Crippen LogP contribution < -0.4 is 0 Å². The predicted molar refractivity (Wildman–Crippen MR) is 40.3 cm³/mol. The van der Waals surface area contributed by atoms with E-state index in [9.17, 15) is 9.90 Å². The van der Waals surface area contributed by atoms with Crippen LogP contribution in [0.3, 0.4) is 0 Å². The fourth-order valence-corrected chi connectivity index (χ4v) is 0.784. The number of hydrogen-bond acceptors (Lipinski definition) is 4. The highest BCUT2D eigenvalue weighted by Gasteiger charge is 2.20. The van der Waals surface area contributed by atoms with Crippen molar-refractivity contribution < 1.29 is 19.1 Å². The third-order valence-electron chi connectivity index (χ3n) is 1.32. The van der Waals surface area contributed by atoms with Gasteiger partial charge in [-0.05, 0) is 19.1 Å². The normalized spacial score (nSPS) is 12.5. The number of aliphatic hydroxyl groups is 1. The van der Waals surface area contributed by atoms with Crippen LogP contribution >= 0.6 is 0 Å². The molecule has 1 atom stereocenters. The highest BCUT2D eigenvalue weighted by molar-refractivity contribution is 5.75. The molecule has 0 fully saturated rings.